The molecule has 0 fully saturated rings. The summed E-state index contributed by atoms with van der Waals surface area (Å²) in [4.78, 5) is 31.0. The lowest BCUT2D eigenvalue weighted by Gasteiger charge is -2.44. The number of methoxy groups -OCH3 is 2. The highest BCUT2D eigenvalue weighted by Gasteiger charge is 2.47. The van der Waals surface area contributed by atoms with Gasteiger partial charge in [0, 0.05) is 30.9 Å². The van der Waals surface area contributed by atoms with Crippen LogP contribution in [0.15, 0.2) is 60.9 Å². The van der Waals surface area contributed by atoms with Crippen molar-refractivity contribution in [3.8, 4) is 17.6 Å². The van der Waals surface area contributed by atoms with Gasteiger partial charge in [-0.1, -0.05) is 18.2 Å². The number of benzene rings is 2. The molecule has 0 bridgehead atoms. The summed E-state index contributed by atoms with van der Waals surface area (Å²) in [5.74, 6) is -0.525. The van der Waals surface area contributed by atoms with E-state index in [9.17, 15) is 20.0 Å². The first-order chi connectivity index (χ1) is 16.4. The second kappa shape index (κ2) is 9.24. The topological polar surface area (TPSA) is 113 Å². The summed E-state index contributed by atoms with van der Waals surface area (Å²) in [6.45, 7) is 0.275. The number of carbonyl (C=O) groups excluding carboxylic acids is 1. The Labute approximate surface area is 197 Å². The molecular formula is C26H23N3O5. The molecule has 2 heterocycles. The zero-order chi connectivity index (χ0) is 24.3. The number of hydrogen-bond acceptors (Lipinski definition) is 6. The molecule has 2 aromatic carbocycles. The van der Waals surface area contributed by atoms with Crippen LogP contribution in [0, 0.1) is 11.3 Å². The van der Waals surface area contributed by atoms with Crippen molar-refractivity contribution in [3.05, 3.63) is 88.7 Å². The van der Waals surface area contributed by atoms with Crippen LogP contribution < -0.4 is 9.47 Å². The molecule has 0 aliphatic carbocycles. The molecule has 8 heteroatoms. The van der Waals surface area contributed by atoms with Crippen molar-refractivity contribution in [2.45, 2.75) is 18.4 Å². The molecule has 34 heavy (non-hydrogen) atoms. The van der Waals surface area contributed by atoms with Crippen LogP contribution in [-0.2, 0) is 18.4 Å². The van der Waals surface area contributed by atoms with Gasteiger partial charge in [-0.2, -0.15) is 5.26 Å². The van der Waals surface area contributed by atoms with Crippen LogP contribution in [0.2, 0.25) is 0 Å². The molecule has 3 aromatic rings. The maximum absolute atomic E-state index is 13.7. The molecule has 0 saturated heterocycles. The third kappa shape index (κ3) is 3.82. The molecule has 0 saturated carbocycles. The van der Waals surface area contributed by atoms with Crippen LogP contribution >= 0.6 is 0 Å². The molecule has 8 nitrogen and oxygen atoms in total. The van der Waals surface area contributed by atoms with Crippen LogP contribution in [0.1, 0.15) is 37.4 Å². The average molecular weight is 457 g/mol. The predicted molar refractivity (Wildman–Crippen MR) is 123 cm³/mol. The Kier molecular flexibility index (Phi) is 6.19. The number of nitriles is 1. The average Bonchev–Trinajstić information content (AvgIpc) is 2.88. The van der Waals surface area contributed by atoms with E-state index in [0.29, 0.717) is 34.6 Å². The molecular weight excluding hydrogens is 434 g/mol. The summed E-state index contributed by atoms with van der Waals surface area (Å²) in [5, 5.41) is 20.4. The summed E-state index contributed by atoms with van der Waals surface area (Å²) in [6.07, 6.45) is 3.20. The summed E-state index contributed by atoms with van der Waals surface area (Å²) in [7, 11) is 3.03. The Morgan fingerprint density at radius 2 is 1.85 bits per heavy atom. The van der Waals surface area contributed by atoms with Crippen LogP contribution in [0.25, 0.3) is 0 Å². The standard InChI is InChI=1S/C26H23N3O5/c1-33-22-12-18-9-11-29(24(30)17-6-4-3-5-7-17)26(16-27,21(18)13-23(22)34-2)14-19-8-10-28-15-20(19)25(31)32/h3-8,10,12-13,15H,9,11,14H2,1-2H3,(H,31,32). The number of aromatic carboxylic acids is 1. The first kappa shape index (κ1) is 22.8. The number of carboxylic acids is 1. The van der Waals surface area contributed by atoms with Crippen LogP contribution in [0.4, 0.5) is 0 Å². The van der Waals surface area contributed by atoms with Crippen LogP contribution in [0.5, 0.6) is 11.5 Å². The van der Waals surface area contributed by atoms with Crippen molar-refractivity contribution in [1.82, 2.24) is 9.88 Å². The first-order valence-electron chi connectivity index (χ1n) is 10.6. The number of ether oxygens (including phenoxy) is 2. The quantitative estimate of drug-likeness (QED) is 0.603. The van der Waals surface area contributed by atoms with E-state index in [1.807, 2.05) is 12.1 Å². The largest absolute Gasteiger partial charge is 0.493 e. The van der Waals surface area contributed by atoms with Crippen LogP contribution in [-0.4, -0.2) is 47.6 Å². The van der Waals surface area contributed by atoms with E-state index >= 15 is 0 Å². The normalized spacial score (nSPS) is 16.8. The highest BCUT2D eigenvalue weighted by molar-refractivity contribution is 5.95. The van der Waals surface area contributed by atoms with Crippen molar-refractivity contribution in [1.29, 1.82) is 5.26 Å². The van der Waals surface area contributed by atoms with E-state index in [2.05, 4.69) is 11.1 Å². The van der Waals surface area contributed by atoms with Crippen molar-refractivity contribution in [2.75, 3.05) is 20.8 Å². The molecule has 172 valence electrons. The Bertz CT molecular complexity index is 1290. The number of rotatable bonds is 6. The van der Waals surface area contributed by atoms with Gasteiger partial charge >= 0.3 is 5.97 Å². The molecule has 1 amide bonds. The number of hydrogen-bond donors (Lipinski definition) is 1. The summed E-state index contributed by atoms with van der Waals surface area (Å²) in [5.41, 5.74) is 0.762. The smallest absolute Gasteiger partial charge is 0.337 e. The fourth-order valence-corrected chi connectivity index (χ4v) is 4.49. The van der Waals surface area contributed by atoms with Gasteiger partial charge in [-0.05, 0) is 53.4 Å². The van der Waals surface area contributed by atoms with E-state index in [1.165, 1.54) is 31.5 Å². The zero-order valence-electron chi connectivity index (χ0n) is 18.8. The van der Waals surface area contributed by atoms with Crippen molar-refractivity contribution >= 4 is 11.9 Å². The molecule has 1 aliphatic rings. The maximum atomic E-state index is 13.7. The summed E-state index contributed by atoms with van der Waals surface area (Å²) < 4.78 is 10.9. The molecule has 1 atom stereocenters. The maximum Gasteiger partial charge on any atom is 0.337 e. The van der Waals surface area contributed by atoms with E-state index in [4.69, 9.17) is 9.47 Å². The van der Waals surface area contributed by atoms with E-state index in [-0.39, 0.29) is 24.4 Å². The van der Waals surface area contributed by atoms with Crippen molar-refractivity contribution in [3.63, 3.8) is 0 Å². The fourth-order valence-electron chi connectivity index (χ4n) is 4.49. The van der Waals surface area contributed by atoms with Gasteiger partial charge in [-0.25, -0.2) is 4.79 Å². The molecule has 4 rings (SSSR count). The minimum Gasteiger partial charge on any atom is -0.493 e. The number of carboxylic acid groups (broad SMARTS) is 1. The highest BCUT2D eigenvalue weighted by atomic mass is 16.5. The predicted octanol–water partition coefficient (Wildman–Crippen LogP) is 3.46. The molecule has 1 N–H and O–H groups in total. The lowest BCUT2D eigenvalue weighted by Crippen LogP contribution is -2.54. The van der Waals surface area contributed by atoms with Gasteiger partial charge in [0.2, 0.25) is 0 Å². The van der Waals surface area contributed by atoms with Gasteiger partial charge in [-0.15, -0.1) is 0 Å². The van der Waals surface area contributed by atoms with Crippen molar-refractivity contribution < 1.29 is 24.2 Å². The monoisotopic (exact) mass is 457 g/mol. The Morgan fingerprint density at radius 1 is 1.15 bits per heavy atom. The van der Waals surface area contributed by atoms with Gasteiger partial charge in [0.05, 0.1) is 25.9 Å². The van der Waals surface area contributed by atoms with Crippen LogP contribution in [0.3, 0.4) is 0 Å². The lowest BCUT2D eigenvalue weighted by atomic mass is 9.76. The molecule has 1 unspecified atom stereocenters. The van der Waals surface area contributed by atoms with Crippen molar-refractivity contribution in [2.24, 2.45) is 0 Å². The minimum absolute atomic E-state index is 0.0168. The number of pyridine rings is 1. The van der Waals surface area contributed by atoms with E-state index in [0.717, 1.165) is 5.56 Å². The van der Waals surface area contributed by atoms with E-state index < -0.39 is 11.5 Å². The van der Waals surface area contributed by atoms with Gasteiger partial charge in [0.15, 0.2) is 17.0 Å². The number of carbonyl (C=O) groups is 2. The third-order valence-corrected chi connectivity index (χ3v) is 6.16. The zero-order valence-corrected chi connectivity index (χ0v) is 18.8. The number of aromatic nitrogens is 1. The third-order valence-electron chi connectivity index (χ3n) is 6.16. The fraction of sp³-hybridized carbons (Fsp3) is 0.231. The summed E-state index contributed by atoms with van der Waals surface area (Å²) in [6, 6.07) is 16.2. The minimum atomic E-state index is -1.48. The highest BCUT2D eigenvalue weighted by Crippen LogP contribution is 2.44. The lowest BCUT2D eigenvalue weighted by molar-refractivity contribution is 0.0549. The second-order valence-corrected chi connectivity index (χ2v) is 7.92. The number of fused-ring (bicyclic) bond motifs is 1. The number of nitrogens with zero attached hydrogens (tertiary/aromatic N) is 3. The molecule has 0 radical (unpaired) electrons. The number of amides is 1. The Balaban J connectivity index is 1.95. The van der Waals surface area contributed by atoms with Gasteiger partial charge in [0.1, 0.15) is 0 Å². The summed E-state index contributed by atoms with van der Waals surface area (Å²) >= 11 is 0. The molecule has 0 spiro atoms. The Hall–Kier alpha value is -4.38. The van der Waals surface area contributed by atoms with E-state index in [1.54, 1.807) is 36.4 Å². The van der Waals surface area contributed by atoms with Gasteiger partial charge in [-0.3, -0.25) is 9.78 Å². The molecule has 1 aromatic heterocycles. The molecule has 1 aliphatic heterocycles. The SMILES string of the molecule is COc1cc2c(cc1OC)C(C#N)(Cc1ccncc1C(=O)O)N(C(=O)c1ccccc1)CC2. The second-order valence-electron chi connectivity index (χ2n) is 7.92. The van der Waals surface area contributed by atoms with Gasteiger partial charge in [0.25, 0.3) is 5.91 Å². The first-order valence-corrected chi connectivity index (χ1v) is 10.6. The Morgan fingerprint density at radius 3 is 2.50 bits per heavy atom. The van der Waals surface area contributed by atoms with Gasteiger partial charge < -0.3 is 19.5 Å².